The third-order valence-electron chi connectivity index (χ3n) is 6.39. The summed E-state index contributed by atoms with van der Waals surface area (Å²) < 4.78 is 7.43. The Morgan fingerprint density at radius 3 is 2.46 bits per heavy atom. The Hall–Kier alpha value is -4.44. The number of benzene rings is 2. The fraction of sp³-hybridized carbons (Fsp3) is 0.267. The summed E-state index contributed by atoms with van der Waals surface area (Å²) >= 11 is 0. The van der Waals surface area contributed by atoms with E-state index in [2.05, 4.69) is 0 Å². The van der Waals surface area contributed by atoms with Crippen molar-refractivity contribution >= 4 is 17.9 Å². The second kappa shape index (κ2) is 11.1. The highest BCUT2D eigenvalue weighted by Crippen LogP contribution is 2.33. The average molecular weight is 495 g/mol. The van der Waals surface area contributed by atoms with Crippen LogP contribution >= 0.6 is 0 Å². The van der Waals surface area contributed by atoms with Gasteiger partial charge in [-0.3, -0.25) is 14.5 Å². The van der Waals surface area contributed by atoms with E-state index in [-0.39, 0.29) is 12.1 Å². The van der Waals surface area contributed by atoms with Gasteiger partial charge < -0.3 is 4.74 Å². The largest absolute Gasteiger partial charge is 0.494 e. The molecule has 0 bridgehead atoms. The summed E-state index contributed by atoms with van der Waals surface area (Å²) in [5, 5.41) is 14.6. The first kappa shape index (κ1) is 25.6. The fourth-order valence-electron chi connectivity index (χ4n) is 4.38. The van der Waals surface area contributed by atoms with Crippen molar-refractivity contribution in [1.82, 2.24) is 14.7 Å². The van der Waals surface area contributed by atoms with Gasteiger partial charge in [0.15, 0.2) is 0 Å². The lowest BCUT2D eigenvalue weighted by Crippen LogP contribution is -2.43. The highest BCUT2D eigenvalue weighted by molar-refractivity contribution is 6.19. The lowest BCUT2D eigenvalue weighted by Gasteiger charge is -2.27. The number of imide groups is 1. The van der Waals surface area contributed by atoms with Crippen molar-refractivity contribution in [3.8, 4) is 28.8 Å². The first-order valence-electron chi connectivity index (χ1n) is 12.5. The highest BCUT2D eigenvalue weighted by Gasteiger charge is 2.35. The SMILES string of the molecule is CCCCN1C(=O)C(C#N)=C(C)/C(=C/c2cn(-c3ccccc3)nc2-c2ccc(OCC)cc2C)C1=O. The maximum Gasteiger partial charge on any atom is 0.271 e. The lowest BCUT2D eigenvalue weighted by molar-refractivity contribution is -0.140. The lowest BCUT2D eigenvalue weighted by atomic mass is 9.92. The van der Waals surface area contributed by atoms with Crippen molar-refractivity contribution in [2.75, 3.05) is 13.2 Å². The molecule has 0 aliphatic carbocycles. The molecule has 3 aromatic rings. The highest BCUT2D eigenvalue weighted by atomic mass is 16.5. The number of hydrogen-bond donors (Lipinski definition) is 0. The van der Waals surface area contributed by atoms with Crippen LogP contribution in [-0.4, -0.2) is 39.6 Å². The molecule has 2 aromatic carbocycles. The van der Waals surface area contributed by atoms with Crippen LogP contribution in [0.5, 0.6) is 5.75 Å². The summed E-state index contributed by atoms with van der Waals surface area (Å²) in [5.41, 5.74) is 4.84. The number of para-hydroxylation sites is 1. The molecule has 7 nitrogen and oxygen atoms in total. The van der Waals surface area contributed by atoms with E-state index >= 15 is 0 Å². The number of ether oxygens (including phenoxy) is 1. The maximum atomic E-state index is 13.5. The molecule has 4 rings (SSSR count). The molecular weight excluding hydrogens is 464 g/mol. The van der Waals surface area contributed by atoms with Crippen molar-refractivity contribution in [3.63, 3.8) is 0 Å². The van der Waals surface area contributed by atoms with Gasteiger partial charge in [0.25, 0.3) is 11.8 Å². The maximum absolute atomic E-state index is 13.5. The Morgan fingerprint density at radius 1 is 1.05 bits per heavy atom. The van der Waals surface area contributed by atoms with Crippen LogP contribution in [0.15, 0.2) is 71.4 Å². The second-order valence-electron chi connectivity index (χ2n) is 8.91. The van der Waals surface area contributed by atoms with Crippen molar-refractivity contribution in [2.24, 2.45) is 0 Å². The normalized spacial score (nSPS) is 14.9. The molecule has 0 unspecified atom stereocenters. The number of carbonyl (C=O) groups excluding carboxylic acids is 2. The van der Waals surface area contributed by atoms with Gasteiger partial charge in [-0.05, 0) is 74.7 Å². The molecule has 1 aromatic heterocycles. The van der Waals surface area contributed by atoms with Crippen LogP contribution < -0.4 is 4.74 Å². The van der Waals surface area contributed by atoms with Crippen molar-refractivity contribution in [1.29, 1.82) is 5.26 Å². The Kier molecular flexibility index (Phi) is 7.69. The minimum atomic E-state index is -0.529. The molecule has 7 heteroatoms. The van der Waals surface area contributed by atoms with E-state index in [1.807, 2.05) is 81.6 Å². The number of nitriles is 1. The van der Waals surface area contributed by atoms with E-state index in [9.17, 15) is 14.9 Å². The topological polar surface area (TPSA) is 88.2 Å². The minimum Gasteiger partial charge on any atom is -0.494 e. The van der Waals surface area contributed by atoms with Crippen molar-refractivity contribution < 1.29 is 14.3 Å². The molecule has 0 radical (unpaired) electrons. The van der Waals surface area contributed by atoms with Gasteiger partial charge in [0.05, 0.1) is 12.3 Å². The summed E-state index contributed by atoms with van der Waals surface area (Å²) in [6.07, 6.45) is 5.11. The van der Waals surface area contributed by atoms with Gasteiger partial charge in [-0.25, -0.2) is 4.68 Å². The second-order valence-corrected chi connectivity index (χ2v) is 8.91. The molecule has 0 fully saturated rings. The molecule has 0 N–H and O–H groups in total. The van der Waals surface area contributed by atoms with Crippen LogP contribution in [0.2, 0.25) is 0 Å². The number of nitrogens with zero attached hydrogens (tertiary/aromatic N) is 4. The molecule has 37 heavy (non-hydrogen) atoms. The minimum absolute atomic E-state index is 0.00352. The first-order chi connectivity index (χ1) is 17.9. The van der Waals surface area contributed by atoms with Crippen LogP contribution in [-0.2, 0) is 9.59 Å². The smallest absolute Gasteiger partial charge is 0.271 e. The molecule has 2 amide bonds. The number of carbonyl (C=O) groups is 2. The van der Waals surface area contributed by atoms with E-state index in [1.165, 1.54) is 4.90 Å². The van der Waals surface area contributed by atoms with Gasteiger partial charge in [-0.2, -0.15) is 10.4 Å². The zero-order valence-electron chi connectivity index (χ0n) is 21.6. The summed E-state index contributed by atoms with van der Waals surface area (Å²) in [6.45, 7) is 8.42. The number of aromatic nitrogens is 2. The fourth-order valence-corrected chi connectivity index (χ4v) is 4.38. The van der Waals surface area contributed by atoms with Crippen LogP contribution in [0.3, 0.4) is 0 Å². The number of hydrogen-bond acceptors (Lipinski definition) is 5. The Balaban J connectivity index is 1.90. The Morgan fingerprint density at radius 2 is 1.81 bits per heavy atom. The summed E-state index contributed by atoms with van der Waals surface area (Å²) in [7, 11) is 0. The summed E-state index contributed by atoms with van der Waals surface area (Å²) in [5.74, 6) is -0.147. The molecule has 0 saturated heterocycles. The monoisotopic (exact) mass is 494 g/mol. The predicted molar refractivity (Wildman–Crippen MR) is 143 cm³/mol. The van der Waals surface area contributed by atoms with Gasteiger partial charge in [-0.15, -0.1) is 0 Å². The molecule has 1 aliphatic rings. The van der Waals surface area contributed by atoms with Gasteiger partial charge in [0.2, 0.25) is 0 Å². The average Bonchev–Trinajstić information content (AvgIpc) is 3.31. The van der Waals surface area contributed by atoms with Gasteiger partial charge in [-0.1, -0.05) is 31.5 Å². The van der Waals surface area contributed by atoms with Gasteiger partial charge >= 0.3 is 0 Å². The van der Waals surface area contributed by atoms with E-state index in [0.29, 0.717) is 35.4 Å². The van der Waals surface area contributed by atoms with E-state index in [4.69, 9.17) is 9.84 Å². The summed E-state index contributed by atoms with van der Waals surface area (Å²) in [4.78, 5) is 27.5. The standard InChI is InChI=1S/C30H30N4O3/c1-5-7-15-33-29(35)26(21(4)27(18-31)30(33)36)17-22-19-34(23-11-9-8-10-12-23)32-28(22)25-14-13-24(37-6-2)16-20(25)3/h8-14,16-17,19H,5-7,15H2,1-4H3/b26-17-. The van der Waals surface area contributed by atoms with Gasteiger partial charge in [0.1, 0.15) is 23.1 Å². The molecule has 1 aliphatic heterocycles. The Bertz CT molecular complexity index is 1440. The molecule has 0 saturated carbocycles. The third-order valence-corrected chi connectivity index (χ3v) is 6.39. The van der Waals surface area contributed by atoms with Crippen LogP contribution in [0.25, 0.3) is 23.0 Å². The van der Waals surface area contributed by atoms with Crippen molar-refractivity contribution in [3.05, 3.63) is 82.6 Å². The number of amides is 2. The van der Waals surface area contributed by atoms with Crippen LogP contribution in [0.1, 0.15) is 44.7 Å². The number of unbranched alkanes of at least 4 members (excludes halogenated alkanes) is 1. The molecule has 0 spiro atoms. The van der Waals surface area contributed by atoms with E-state index < -0.39 is 11.8 Å². The van der Waals surface area contributed by atoms with E-state index in [0.717, 1.165) is 29.0 Å². The zero-order valence-corrected chi connectivity index (χ0v) is 21.6. The molecule has 188 valence electrons. The molecule has 0 atom stereocenters. The Labute approximate surface area is 217 Å². The van der Waals surface area contributed by atoms with Gasteiger partial charge in [0, 0.05) is 29.4 Å². The van der Waals surface area contributed by atoms with Crippen LogP contribution in [0.4, 0.5) is 0 Å². The number of aryl methyl sites for hydroxylation is 1. The molecular formula is C30H30N4O3. The number of rotatable bonds is 8. The van der Waals surface area contributed by atoms with E-state index in [1.54, 1.807) is 17.7 Å². The third kappa shape index (κ3) is 5.10. The van der Waals surface area contributed by atoms with Crippen molar-refractivity contribution in [2.45, 2.75) is 40.5 Å². The first-order valence-corrected chi connectivity index (χ1v) is 12.5. The summed E-state index contributed by atoms with van der Waals surface area (Å²) in [6, 6.07) is 17.6. The predicted octanol–water partition coefficient (Wildman–Crippen LogP) is 5.64. The molecule has 2 heterocycles. The zero-order chi connectivity index (χ0) is 26.5. The quantitative estimate of drug-likeness (QED) is 0.299. The van der Waals surface area contributed by atoms with Crippen LogP contribution in [0, 0.1) is 18.3 Å².